The first-order valence-corrected chi connectivity index (χ1v) is 8.61. The van der Waals surface area contributed by atoms with E-state index >= 15 is 0 Å². The van der Waals surface area contributed by atoms with Crippen molar-refractivity contribution >= 4 is 5.96 Å². The van der Waals surface area contributed by atoms with E-state index in [0.29, 0.717) is 19.2 Å². The Kier molecular flexibility index (Phi) is 7.04. The molecule has 1 aromatic rings. The van der Waals surface area contributed by atoms with Crippen molar-refractivity contribution in [3.63, 3.8) is 0 Å². The van der Waals surface area contributed by atoms with Gasteiger partial charge < -0.3 is 20.1 Å². The van der Waals surface area contributed by atoms with Crippen LogP contribution in [-0.4, -0.2) is 32.3 Å². The Morgan fingerprint density at radius 3 is 2.65 bits per heavy atom. The molecule has 0 heterocycles. The Labute approximate surface area is 139 Å². The summed E-state index contributed by atoms with van der Waals surface area (Å²) in [5.41, 5.74) is 1.11. The third kappa shape index (κ3) is 5.34. The van der Waals surface area contributed by atoms with Crippen LogP contribution in [0.1, 0.15) is 45.1 Å². The second kappa shape index (κ2) is 9.28. The quantitative estimate of drug-likeness (QED) is 0.599. The lowest BCUT2D eigenvalue weighted by Gasteiger charge is -2.16. The second-order valence-corrected chi connectivity index (χ2v) is 5.74. The van der Waals surface area contributed by atoms with Crippen molar-refractivity contribution < 1.29 is 9.47 Å². The van der Waals surface area contributed by atoms with Crippen LogP contribution in [-0.2, 0) is 6.54 Å². The van der Waals surface area contributed by atoms with E-state index in [1.54, 1.807) is 7.11 Å². The molecule has 1 saturated carbocycles. The van der Waals surface area contributed by atoms with Gasteiger partial charge in [-0.2, -0.15) is 0 Å². The SMILES string of the molecule is CCNC(=NCc1ccc(OCC)c(OC)c1)NC1CCCC1. The lowest BCUT2D eigenvalue weighted by molar-refractivity contribution is 0.310. The zero-order valence-electron chi connectivity index (χ0n) is 14.5. The molecule has 23 heavy (non-hydrogen) atoms. The van der Waals surface area contributed by atoms with E-state index in [-0.39, 0.29) is 0 Å². The minimum atomic E-state index is 0.558. The van der Waals surface area contributed by atoms with Gasteiger partial charge in [0.05, 0.1) is 20.3 Å². The van der Waals surface area contributed by atoms with E-state index in [2.05, 4.69) is 17.6 Å². The average molecular weight is 319 g/mol. The first-order valence-electron chi connectivity index (χ1n) is 8.61. The summed E-state index contributed by atoms with van der Waals surface area (Å²) in [6.45, 7) is 6.17. The van der Waals surface area contributed by atoms with Crippen molar-refractivity contribution in [1.29, 1.82) is 0 Å². The Morgan fingerprint density at radius 2 is 2.00 bits per heavy atom. The molecule has 0 spiro atoms. The zero-order chi connectivity index (χ0) is 16.5. The van der Waals surface area contributed by atoms with E-state index in [1.807, 2.05) is 25.1 Å². The number of methoxy groups -OCH3 is 1. The maximum absolute atomic E-state index is 5.55. The molecular formula is C18H29N3O2. The van der Waals surface area contributed by atoms with Gasteiger partial charge in [0, 0.05) is 12.6 Å². The number of nitrogens with zero attached hydrogens (tertiary/aromatic N) is 1. The van der Waals surface area contributed by atoms with Gasteiger partial charge in [-0.3, -0.25) is 0 Å². The Bertz CT molecular complexity index is 511. The smallest absolute Gasteiger partial charge is 0.191 e. The van der Waals surface area contributed by atoms with Gasteiger partial charge in [-0.1, -0.05) is 18.9 Å². The summed E-state index contributed by atoms with van der Waals surface area (Å²) in [7, 11) is 1.66. The fourth-order valence-corrected chi connectivity index (χ4v) is 2.84. The third-order valence-electron chi connectivity index (χ3n) is 3.99. The highest BCUT2D eigenvalue weighted by atomic mass is 16.5. The van der Waals surface area contributed by atoms with E-state index in [4.69, 9.17) is 14.5 Å². The van der Waals surface area contributed by atoms with E-state index in [1.165, 1.54) is 25.7 Å². The number of nitrogens with one attached hydrogen (secondary N) is 2. The number of rotatable bonds is 7. The number of benzene rings is 1. The Balaban J connectivity index is 2.02. The van der Waals surface area contributed by atoms with Crippen LogP contribution in [0, 0.1) is 0 Å². The maximum Gasteiger partial charge on any atom is 0.191 e. The van der Waals surface area contributed by atoms with Gasteiger partial charge in [0.15, 0.2) is 17.5 Å². The minimum absolute atomic E-state index is 0.558. The summed E-state index contributed by atoms with van der Waals surface area (Å²) in [5, 5.41) is 6.85. The van der Waals surface area contributed by atoms with Crippen LogP contribution < -0.4 is 20.1 Å². The van der Waals surface area contributed by atoms with Crippen LogP contribution >= 0.6 is 0 Å². The van der Waals surface area contributed by atoms with Gasteiger partial charge in [0.1, 0.15) is 0 Å². The Hall–Kier alpha value is -1.91. The average Bonchev–Trinajstić information content (AvgIpc) is 3.07. The fourth-order valence-electron chi connectivity index (χ4n) is 2.84. The van der Waals surface area contributed by atoms with Crippen LogP contribution in [0.2, 0.25) is 0 Å². The predicted octanol–water partition coefficient (Wildman–Crippen LogP) is 3.09. The maximum atomic E-state index is 5.55. The molecule has 1 aliphatic rings. The van der Waals surface area contributed by atoms with Crippen molar-refractivity contribution in [2.75, 3.05) is 20.3 Å². The number of hydrogen-bond donors (Lipinski definition) is 2. The molecule has 0 saturated heterocycles. The summed E-state index contributed by atoms with van der Waals surface area (Å²) >= 11 is 0. The second-order valence-electron chi connectivity index (χ2n) is 5.74. The normalized spacial score (nSPS) is 15.5. The number of ether oxygens (including phenoxy) is 2. The molecule has 0 amide bonds. The van der Waals surface area contributed by atoms with Crippen LogP contribution in [0.5, 0.6) is 11.5 Å². The molecule has 1 aliphatic carbocycles. The van der Waals surface area contributed by atoms with Gasteiger partial charge >= 0.3 is 0 Å². The lowest BCUT2D eigenvalue weighted by Crippen LogP contribution is -2.42. The standard InChI is InChI=1S/C18H29N3O2/c1-4-19-18(21-15-8-6-7-9-15)20-13-14-10-11-16(23-5-2)17(12-14)22-3/h10-12,15H,4-9,13H2,1-3H3,(H2,19,20,21). The highest BCUT2D eigenvalue weighted by Crippen LogP contribution is 2.28. The van der Waals surface area contributed by atoms with Crippen LogP contribution in [0.3, 0.4) is 0 Å². The van der Waals surface area contributed by atoms with Crippen LogP contribution in [0.4, 0.5) is 0 Å². The van der Waals surface area contributed by atoms with Gasteiger partial charge in [-0.25, -0.2) is 4.99 Å². The van der Waals surface area contributed by atoms with E-state index in [0.717, 1.165) is 29.6 Å². The summed E-state index contributed by atoms with van der Waals surface area (Å²) in [5.74, 6) is 2.43. The summed E-state index contributed by atoms with van der Waals surface area (Å²) < 4.78 is 10.9. The van der Waals surface area contributed by atoms with E-state index < -0.39 is 0 Å². The lowest BCUT2D eigenvalue weighted by atomic mass is 10.2. The van der Waals surface area contributed by atoms with Crippen LogP contribution in [0.25, 0.3) is 0 Å². The van der Waals surface area contributed by atoms with Gasteiger partial charge in [0.25, 0.3) is 0 Å². The third-order valence-corrected chi connectivity index (χ3v) is 3.99. The number of hydrogen-bond acceptors (Lipinski definition) is 3. The van der Waals surface area contributed by atoms with Gasteiger partial charge in [0.2, 0.25) is 0 Å². The summed E-state index contributed by atoms with van der Waals surface area (Å²) in [6, 6.07) is 6.54. The van der Waals surface area contributed by atoms with Gasteiger partial charge in [-0.05, 0) is 44.4 Å². The monoisotopic (exact) mass is 319 g/mol. The van der Waals surface area contributed by atoms with Crippen LogP contribution in [0.15, 0.2) is 23.2 Å². The zero-order valence-corrected chi connectivity index (χ0v) is 14.5. The van der Waals surface area contributed by atoms with Crippen molar-refractivity contribution in [3.05, 3.63) is 23.8 Å². The predicted molar refractivity (Wildman–Crippen MR) is 94.4 cm³/mol. The highest BCUT2D eigenvalue weighted by Gasteiger charge is 2.15. The molecule has 0 bridgehead atoms. The summed E-state index contributed by atoms with van der Waals surface area (Å²) in [6.07, 6.45) is 5.10. The molecule has 0 atom stereocenters. The highest BCUT2D eigenvalue weighted by molar-refractivity contribution is 5.80. The number of guanidine groups is 1. The molecule has 128 valence electrons. The molecule has 2 N–H and O–H groups in total. The van der Waals surface area contributed by atoms with Crippen molar-refractivity contribution in [2.24, 2.45) is 4.99 Å². The molecule has 1 aromatic carbocycles. The van der Waals surface area contributed by atoms with Crippen molar-refractivity contribution in [2.45, 2.75) is 52.1 Å². The largest absolute Gasteiger partial charge is 0.493 e. The van der Waals surface area contributed by atoms with E-state index in [9.17, 15) is 0 Å². The molecule has 5 heteroatoms. The number of aliphatic imine (C=N–C) groups is 1. The Morgan fingerprint density at radius 1 is 1.22 bits per heavy atom. The van der Waals surface area contributed by atoms with Crippen molar-refractivity contribution in [1.82, 2.24) is 10.6 Å². The molecule has 5 nitrogen and oxygen atoms in total. The first-order chi connectivity index (χ1) is 11.3. The first kappa shape index (κ1) is 17.4. The fraction of sp³-hybridized carbons (Fsp3) is 0.611. The molecule has 2 rings (SSSR count). The molecule has 0 aliphatic heterocycles. The molecule has 0 unspecified atom stereocenters. The topological polar surface area (TPSA) is 54.9 Å². The molecule has 1 fully saturated rings. The minimum Gasteiger partial charge on any atom is -0.493 e. The summed E-state index contributed by atoms with van der Waals surface area (Å²) in [4.78, 5) is 4.70. The molecular weight excluding hydrogens is 290 g/mol. The van der Waals surface area contributed by atoms with Gasteiger partial charge in [-0.15, -0.1) is 0 Å². The molecule has 0 aromatic heterocycles. The molecule has 0 radical (unpaired) electrons. The van der Waals surface area contributed by atoms with Crippen molar-refractivity contribution in [3.8, 4) is 11.5 Å².